The molecule has 0 aliphatic heterocycles. The first-order chi connectivity index (χ1) is 6.16. The van der Waals surface area contributed by atoms with Crippen LogP contribution in [0.25, 0.3) is 0 Å². The van der Waals surface area contributed by atoms with E-state index in [9.17, 15) is 0 Å². The van der Waals surface area contributed by atoms with Crippen LogP contribution < -0.4 is 10.6 Å². The van der Waals surface area contributed by atoms with E-state index in [1.165, 1.54) is 0 Å². The van der Waals surface area contributed by atoms with Crippen molar-refractivity contribution in [2.75, 3.05) is 13.1 Å². The molecule has 2 N–H and O–H groups in total. The Morgan fingerprint density at radius 2 is 2.08 bits per heavy atom. The van der Waals surface area contributed by atoms with E-state index in [1.807, 2.05) is 19.2 Å². The van der Waals surface area contributed by atoms with Gasteiger partial charge >= 0.3 is 0 Å². The molecule has 0 aromatic carbocycles. The average molecular weight is 182 g/mol. The van der Waals surface area contributed by atoms with Crippen molar-refractivity contribution in [1.82, 2.24) is 10.6 Å². The van der Waals surface area contributed by atoms with Crippen LogP contribution in [0.4, 0.5) is 0 Å². The number of allylic oxidation sites excluding steroid dienone is 2. The van der Waals surface area contributed by atoms with Gasteiger partial charge in [0.2, 0.25) is 0 Å². The Labute approximate surface area is 82.1 Å². The Kier molecular flexibility index (Phi) is 7.17. The summed E-state index contributed by atoms with van der Waals surface area (Å²) in [5.41, 5.74) is 1.14. The van der Waals surface area contributed by atoms with Gasteiger partial charge in [-0.15, -0.1) is 0 Å². The molecular weight excluding hydrogens is 160 g/mol. The second-order valence-electron chi connectivity index (χ2n) is 3.58. The molecule has 0 aromatic heterocycles. The molecule has 13 heavy (non-hydrogen) atoms. The first-order valence-electron chi connectivity index (χ1n) is 4.93. The standard InChI is InChI=1S/C11H22N2/c1-5-6-12-7-8-13-11(4)9-10(2)3/h5-6,10,12-13H,4,7-9H2,1-3H3/b6-5-. The smallest absolute Gasteiger partial charge is 0.0317 e. The highest BCUT2D eigenvalue weighted by atomic mass is 14.9. The van der Waals surface area contributed by atoms with Gasteiger partial charge in [-0.25, -0.2) is 0 Å². The molecule has 0 amide bonds. The molecular formula is C11H22N2. The first kappa shape index (κ1) is 12.1. The fourth-order valence-corrected chi connectivity index (χ4v) is 1.08. The molecule has 0 unspecified atom stereocenters. The summed E-state index contributed by atoms with van der Waals surface area (Å²) in [5, 5.41) is 6.44. The fraction of sp³-hybridized carbons (Fsp3) is 0.636. The summed E-state index contributed by atoms with van der Waals surface area (Å²) >= 11 is 0. The third kappa shape index (κ3) is 8.99. The van der Waals surface area contributed by atoms with E-state index in [2.05, 4.69) is 31.1 Å². The maximum atomic E-state index is 3.96. The second-order valence-corrected chi connectivity index (χ2v) is 3.58. The van der Waals surface area contributed by atoms with E-state index in [-0.39, 0.29) is 0 Å². The Bertz CT molecular complexity index is 159. The molecule has 0 heterocycles. The van der Waals surface area contributed by atoms with Crippen LogP contribution in [0.15, 0.2) is 24.6 Å². The van der Waals surface area contributed by atoms with Crippen molar-refractivity contribution in [3.05, 3.63) is 24.6 Å². The average Bonchev–Trinajstić information content (AvgIpc) is 2.02. The third-order valence-corrected chi connectivity index (χ3v) is 1.58. The SMILES string of the molecule is C=C(CC(C)C)NCCN/C=C\C. The van der Waals surface area contributed by atoms with E-state index in [0.29, 0.717) is 5.92 Å². The van der Waals surface area contributed by atoms with Crippen molar-refractivity contribution in [3.63, 3.8) is 0 Å². The largest absolute Gasteiger partial charge is 0.389 e. The summed E-state index contributed by atoms with van der Waals surface area (Å²) in [6.07, 6.45) is 5.00. The van der Waals surface area contributed by atoms with E-state index >= 15 is 0 Å². The minimum atomic E-state index is 0.684. The maximum Gasteiger partial charge on any atom is 0.0317 e. The number of hydrogen-bond acceptors (Lipinski definition) is 2. The van der Waals surface area contributed by atoms with Crippen molar-refractivity contribution < 1.29 is 0 Å². The van der Waals surface area contributed by atoms with Gasteiger partial charge in [-0.2, -0.15) is 0 Å². The Balaban J connectivity index is 3.27. The maximum absolute atomic E-state index is 3.96. The highest BCUT2D eigenvalue weighted by Gasteiger charge is 1.96. The Morgan fingerprint density at radius 1 is 1.38 bits per heavy atom. The van der Waals surface area contributed by atoms with Crippen LogP contribution in [-0.2, 0) is 0 Å². The molecule has 0 atom stereocenters. The summed E-state index contributed by atoms with van der Waals surface area (Å²) in [7, 11) is 0. The van der Waals surface area contributed by atoms with Gasteiger partial charge < -0.3 is 10.6 Å². The predicted octanol–water partition coefficient (Wildman–Crippen LogP) is 2.26. The molecule has 0 saturated carbocycles. The van der Waals surface area contributed by atoms with Crippen LogP contribution in [0, 0.1) is 5.92 Å². The molecule has 0 radical (unpaired) electrons. The van der Waals surface area contributed by atoms with Gasteiger partial charge in [0, 0.05) is 18.8 Å². The number of hydrogen-bond donors (Lipinski definition) is 2. The highest BCUT2D eigenvalue weighted by molar-refractivity contribution is 4.91. The van der Waals surface area contributed by atoms with Crippen molar-refractivity contribution in [2.45, 2.75) is 27.2 Å². The van der Waals surface area contributed by atoms with Gasteiger partial charge in [-0.3, -0.25) is 0 Å². The molecule has 76 valence electrons. The van der Waals surface area contributed by atoms with Crippen molar-refractivity contribution in [1.29, 1.82) is 0 Å². The molecule has 2 heteroatoms. The van der Waals surface area contributed by atoms with Crippen LogP contribution in [0.2, 0.25) is 0 Å². The van der Waals surface area contributed by atoms with E-state index in [0.717, 1.165) is 25.2 Å². The lowest BCUT2D eigenvalue weighted by molar-refractivity contribution is 0.599. The van der Waals surface area contributed by atoms with Crippen LogP contribution >= 0.6 is 0 Å². The quantitative estimate of drug-likeness (QED) is 0.590. The minimum absolute atomic E-state index is 0.684. The molecule has 0 bridgehead atoms. The Hall–Kier alpha value is -0.920. The van der Waals surface area contributed by atoms with E-state index in [1.54, 1.807) is 0 Å². The first-order valence-corrected chi connectivity index (χ1v) is 4.93. The zero-order valence-corrected chi connectivity index (χ0v) is 9.06. The normalized spacial score (nSPS) is 10.8. The lowest BCUT2D eigenvalue weighted by Crippen LogP contribution is -2.24. The summed E-state index contributed by atoms with van der Waals surface area (Å²) in [6, 6.07) is 0. The zero-order chi connectivity index (χ0) is 10.1. The van der Waals surface area contributed by atoms with Gasteiger partial charge in [0.1, 0.15) is 0 Å². The van der Waals surface area contributed by atoms with Crippen molar-refractivity contribution >= 4 is 0 Å². The van der Waals surface area contributed by atoms with Crippen LogP contribution in [0.5, 0.6) is 0 Å². The Morgan fingerprint density at radius 3 is 2.62 bits per heavy atom. The summed E-state index contributed by atoms with van der Waals surface area (Å²) in [6.45, 7) is 12.2. The van der Waals surface area contributed by atoms with Gasteiger partial charge in [0.15, 0.2) is 0 Å². The van der Waals surface area contributed by atoms with Gasteiger partial charge in [-0.1, -0.05) is 26.5 Å². The molecule has 0 fully saturated rings. The van der Waals surface area contributed by atoms with Gasteiger partial charge in [0.25, 0.3) is 0 Å². The topological polar surface area (TPSA) is 24.1 Å². The molecule has 0 aliphatic carbocycles. The number of nitrogens with one attached hydrogen (secondary N) is 2. The second kappa shape index (κ2) is 7.71. The predicted molar refractivity (Wildman–Crippen MR) is 59.4 cm³/mol. The lowest BCUT2D eigenvalue weighted by atomic mass is 10.1. The molecule has 0 aromatic rings. The van der Waals surface area contributed by atoms with Crippen LogP contribution in [0.1, 0.15) is 27.2 Å². The third-order valence-electron chi connectivity index (χ3n) is 1.58. The summed E-state index contributed by atoms with van der Waals surface area (Å²) in [4.78, 5) is 0. The molecule has 0 rings (SSSR count). The van der Waals surface area contributed by atoms with Crippen molar-refractivity contribution in [2.24, 2.45) is 5.92 Å². The van der Waals surface area contributed by atoms with E-state index < -0.39 is 0 Å². The summed E-state index contributed by atoms with van der Waals surface area (Å²) < 4.78 is 0. The van der Waals surface area contributed by atoms with Crippen molar-refractivity contribution in [3.8, 4) is 0 Å². The fourth-order valence-electron chi connectivity index (χ4n) is 1.08. The molecule has 2 nitrogen and oxygen atoms in total. The van der Waals surface area contributed by atoms with E-state index in [4.69, 9.17) is 0 Å². The number of rotatable bonds is 7. The molecule has 0 aliphatic rings. The summed E-state index contributed by atoms with van der Waals surface area (Å²) in [5.74, 6) is 0.684. The lowest BCUT2D eigenvalue weighted by Gasteiger charge is -2.11. The van der Waals surface area contributed by atoms with Gasteiger partial charge in [0.05, 0.1) is 0 Å². The molecule has 0 saturated heterocycles. The van der Waals surface area contributed by atoms with Gasteiger partial charge in [-0.05, 0) is 25.5 Å². The van der Waals surface area contributed by atoms with Crippen LogP contribution in [-0.4, -0.2) is 13.1 Å². The highest BCUT2D eigenvalue weighted by Crippen LogP contribution is 2.04. The minimum Gasteiger partial charge on any atom is -0.389 e. The molecule has 0 spiro atoms. The monoisotopic (exact) mass is 182 g/mol. The van der Waals surface area contributed by atoms with Crippen LogP contribution in [0.3, 0.4) is 0 Å². The zero-order valence-electron chi connectivity index (χ0n) is 9.06.